The molecule has 0 aliphatic carbocycles. The van der Waals surface area contributed by atoms with Crippen LogP contribution in [0.25, 0.3) is 0 Å². The Labute approximate surface area is 112 Å². The average Bonchev–Trinajstić information content (AvgIpc) is 2.29. The number of rotatable bonds is 10. The van der Waals surface area contributed by atoms with Gasteiger partial charge >= 0.3 is 5.97 Å². The van der Waals surface area contributed by atoms with Gasteiger partial charge in [-0.1, -0.05) is 46.1 Å². The number of esters is 1. The number of hydrogen-bond acceptors (Lipinski definition) is 3. The summed E-state index contributed by atoms with van der Waals surface area (Å²) in [5.74, 6) is -0.262. The van der Waals surface area contributed by atoms with Crippen molar-refractivity contribution in [3.05, 3.63) is 12.2 Å². The normalized spacial score (nSPS) is 12.0. The summed E-state index contributed by atoms with van der Waals surface area (Å²) in [7, 11) is 0. The standard InChI is InChI=1S/C15H29NO2/c1-5-7-8-11-15(3,4)13-16-12-9-10-14(17)18-6-2/h9-10,16H,5-8,11-13H2,1-4H3/b10-9+. The smallest absolute Gasteiger partial charge is 0.330 e. The molecule has 0 amide bonds. The van der Waals surface area contributed by atoms with Gasteiger partial charge in [-0.25, -0.2) is 4.79 Å². The van der Waals surface area contributed by atoms with E-state index in [2.05, 4.69) is 26.1 Å². The van der Waals surface area contributed by atoms with Crippen molar-refractivity contribution in [3.8, 4) is 0 Å². The molecule has 1 N–H and O–H groups in total. The van der Waals surface area contributed by atoms with Gasteiger partial charge in [-0.15, -0.1) is 0 Å². The molecule has 3 nitrogen and oxygen atoms in total. The van der Waals surface area contributed by atoms with Crippen molar-refractivity contribution in [3.63, 3.8) is 0 Å². The first-order valence-corrected chi connectivity index (χ1v) is 7.06. The molecule has 0 spiro atoms. The molecular formula is C15H29NO2. The van der Waals surface area contributed by atoms with Crippen molar-refractivity contribution >= 4 is 5.97 Å². The molecule has 0 atom stereocenters. The fourth-order valence-corrected chi connectivity index (χ4v) is 1.78. The summed E-state index contributed by atoms with van der Waals surface area (Å²) >= 11 is 0. The van der Waals surface area contributed by atoms with Gasteiger partial charge in [0.05, 0.1) is 6.61 Å². The molecule has 0 aliphatic rings. The topological polar surface area (TPSA) is 38.3 Å². The van der Waals surface area contributed by atoms with Crippen LogP contribution in [0.15, 0.2) is 12.2 Å². The number of unbranched alkanes of at least 4 members (excludes halogenated alkanes) is 2. The molecule has 0 aromatic heterocycles. The summed E-state index contributed by atoms with van der Waals surface area (Å²) in [5.41, 5.74) is 0.326. The van der Waals surface area contributed by atoms with E-state index in [9.17, 15) is 4.79 Å². The van der Waals surface area contributed by atoms with Crippen molar-refractivity contribution in [1.29, 1.82) is 0 Å². The molecule has 0 rings (SSSR count). The van der Waals surface area contributed by atoms with Crippen molar-refractivity contribution < 1.29 is 9.53 Å². The summed E-state index contributed by atoms with van der Waals surface area (Å²) in [6.45, 7) is 10.7. The van der Waals surface area contributed by atoms with Gasteiger partial charge in [0.1, 0.15) is 0 Å². The number of ether oxygens (including phenoxy) is 1. The van der Waals surface area contributed by atoms with Gasteiger partial charge in [0.15, 0.2) is 0 Å². The van der Waals surface area contributed by atoms with Crippen LogP contribution in [0.2, 0.25) is 0 Å². The van der Waals surface area contributed by atoms with Crippen LogP contribution in [0.5, 0.6) is 0 Å². The molecular weight excluding hydrogens is 226 g/mol. The molecule has 3 heteroatoms. The Morgan fingerprint density at radius 3 is 2.61 bits per heavy atom. The molecule has 0 fully saturated rings. The highest BCUT2D eigenvalue weighted by molar-refractivity contribution is 5.81. The van der Waals surface area contributed by atoms with Gasteiger partial charge in [0.25, 0.3) is 0 Å². The summed E-state index contributed by atoms with van der Waals surface area (Å²) in [6, 6.07) is 0. The molecule has 0 aliphatic heterocycles. The highest BCUT2D eigenvalue weighted by Gasteiger charge is 2.15. The zero-order valence-electron chi connectivity index (χ0n) is 12.4. The lowest BCUT2D eigenvalue weighted by Gasteiger charge is -2.24. The van der Waals surface area contributed by atoms with Gasteiger partial charge < -0.3 is 10.1 Å². The van der Waals surface area contributed by atoms with E-state index in [4.69, 9.17) is 4.74 Å². The van der Waals surface area contributed by atoms with E-state index in [1.807, 2.05) is 13.0 Å². The average molecular weight is 255 g/mol. The van der Waals surface area contributed by atoms with E-state index < -0.39 is 0 Å². The first-order chi connectivity index (χ1) is 8.52. The Morgan fingerprint density at radius 1 is 1.28 bits per heavy atom. The SMILES string of the molecule is CCCCCC(C)(C)CNC/C=C/C(=O)OCC. The summed E-state index contributed by atoms with van der Waals surface area (Å²) < 4.78 is 4.80. The largest absolute Gasteiger partial charge is 0.463 e. The molecule has 0 heterocycles. The van der Waals surface area contributed by atoms with Crippen LogP contribution >= 0.6 is 0 Å². The van der Waals surface area contributed by atoms with E-state index in [1.165, 1.54) is 31.8 Å². The third kappa shape index (κ3) is 10.3. The second kappa shape index (κ2) is 10.1. The number of carbonyl (C=O) groups is 1. The molecule has 0 saturated heterocycles. The van der Waals surface area contributed by atoms with Crippen LogP contribution in [0.1, 0.15) is 53.4 Å². The molecule has 0 saturated carbocycles. The predicted molar refractivity (Wildman–Crippen MR) is 76.6 cm³/mol. The zero-order valence-corrected chi connectivity index (χ0v) is 12.4. The third-order valence-corrected chi connectivity index (χ3v) is 2.86. The maximum absolute atomic E-state index is 11.0. The summed E-state index contributed by atoms with van der Waals surface area (Å²) in [5, 5.41) is 3.36. The first kappa shape index (κ1) is 17.2. The van der Waals surface area contributed by atoms with Gasteiger partial charge in [0.2, 0.25) is 0 Å². The van der Waals surface area contributed by atoms with E-state index in [-0.39, 0.29) is 5.97 Å². The second-order valence-electron chi connectivity index (χ2n) is 5.41. The Hall–Kier alpha value is -0.830. The quantitative estimate of drug-likeness (QED) is 0.370. The van der Waals surface area contributed by atoms with Crippen molar-refractivity contribution in [2.75, 3.05) is 19.7 Å². The van der Waals surface area contributed by atoms with Crippen LogP contribution < -0.4 is 5.32 Å². The minimum atomic E-state index is -0.262. The maximum Gasteiger partial charge on any atom is 0.330 e. The van der Waals surface area contributed by atoms with Crippen molar-refractivity contribution in [2.45, 2.75) is 53.4 Å². The lowest BCUT2D eigenvalue weighted by atomic mass is 9.87. The Bertz CT molecular complexity index is 247. The fraction of sp³-hybridized carbons (Fsp3) is 0.800. The van der Waals surface area contributed by atoms with Crippen molar-refractivity contribution in [1.82, 2.24) is 5.32 Å². The highest BCUT2D eigenvalue weighted by Crippen LogP contribution is 2.22. The second-order valence-corrected chi connectivity index (χ2v) is 5.41. The molecule has 106 valence electrons. The Morgan fingerprint density at radius 2 is 2.00 bits per heavy atom. The van der Waals surface area contributed by atoms with E-state index in [0.717, 1.165) is 13.1 Å². The van der Waals surface area contributed by atoms with Gasteiger partial charge in [-0.2, -0.15) is 0 Å². The Kier molecular flexibility index (Phi) is 9.66. The lowest BCUT2D eigenvalue weighted by Crippen LogP contribution is -2.29. The highest BCUT2D eigenvalue weighted by atomic mass is 16.5. The number of hydrogen-bond donors (Lipinski definition) is 1. The fourth-order valence-electron chi connectivity index (χ4n) is 1.78. The molecule has 18 heavy (non-hydrogen) atoms. The van der Waals surface area contributed by atoms with E-state index >= 15 is 0 Å². The first-order valence-electron chi connectivity index (χ1n) is 7.06. The van der Waals surface area contributed by atoms with Crippen molar-refractivity contribution in [2.24, 2.45) is 5.41 Å². The van der Waals surface area contributed by atoms with Crippen LogP contribution in [0, 0.1) is 5.41 Å². The van der Waals surface area contributed by atoms with Crippen LogP contribution in [0.3, 0.4) is 0 Å². The van der Waals surface area contributed by atoms with Gasteiger partial charge in [-0.3, -0.25) is 0 Å². The molecule has 0 aromatic rings. The van der Waals surface area contributed by atoms with Gasteiger partial charge in [0, 0.05) is 19.2 Å². The Balaban J connectivity index is 3.66. The minimum absolute atomic E-state index is 0.262. The van der Waals surface area contributed by atoms with Crippen LogP contribution in [-0.2, 0) is 9.53 Å². The van der Waals surface area contributed by atoms with E-state index in [0.29, 0.717) is 12.0 Å². The van der Waals surface area contributed by atoms with Crippen LogP contribution in [-0.4, -0.2) is 25.7 Å². The summed E-state index contributed by atoms with van der Waals surface area (Å²) in [6.07, 6.45) is 8.43. The molecule has 0 unspecified atom stereocenters. The maximum atomic E-state index is 11.0. The lowest BCUT2D eigenvalue weighted by molar-refractivity contribution is -0.137. The zero-order chi connectivity index (χ0) is 13.9. The number of carbonyl (C=O) groups excluding carboxylic acids is 1. The number of nitrogens with one attached hydrogen (secondary N) is 1. The molecule has 0 aromatic carbocycles. The predicted octanol–water partition coefficient (Wildman–Crippen LogP) is 3.30. The monoisotopic (exact) mass is 255 g/mol. The summed E-state index contributed by atoms with van der Waals surface area (Å²) in [4.78, 5) is 11.0. The van der Waals surface area contributed by atoms with E-state index in [1.54, 1.807) is 0 Å². The minimum Gasteiger partial charge on any atom is -0.463 e. The van der Waals surface area contributed by atoms with Crippen LogP contribution in [0.4, 0.5) is 0 Å². The molecule has 0 bridgehead atoms. The molecule has 0 radical (unpaired) electrons. The third-order valence-electron chi connectivity index (χ3n) is 2.86. The van der Waals surface area contributed by atoms with Gasteiger partial charge in [-0.05, 0) is 18.8 Å².